The number of ether oxygens (including phenoxy) is 1. The minimum atomic E-state index is -0.366. The summed E-state index contributed by atoms with van der Waals surface area (Å²) in [5, 5.41) is 0.624. The van der Waals surface area contributed by atoms with Gasteiger partial charge in [-0.05, 0) is 18.2 Å². The molecule has 0 unspecified atom stereocenters. The van der Waals surface area contributed by atoms with Crippen molar-refractivity contribution in [3.05, 3.63) is 64.9 Å². The third kappa shape index (κ3) is 2.52. The third-order valence-electron chi connectivity index (χ3n) is 2.18. The predicted molar refractivity (Wildman–Crippen MR) is 62.2 cm³/mol. The third-order valence-corrected chi connectivity index (χ3v) is 2.55. The lowest BCUT2D eigenvalue weighted by Crippen LogP contribution is -1.97. The van der Waals surface area contributed by atoms with Crippen molar-refractivity contribution < 1.29 is 9.13 Å². The Balaban J connectivity index is 2.09. The molecule has 0 saturated heterocycles. The van der Waals surface area contributed by atoms with E-state index in [-0.39, 0.29) is 18.2 Å². The first-order valence-electron chi connectivity index (χ1n) is 4.88. The molecule has 1 nitrogen and oxygen atoms in total. The fourth-order valence-electron chi connectivity index (χ4n) is 1.33. The lowest BCUT2D eigenvalue weighted by molar-refractivity contribution is 0.290. The summed E-state index contributed by atoms with van der Waals surface area (Å²) >= 11 is 5.96. The largest absolute Gasteiger partial charge is 0.486 e. The molecule has 0 N–H and O–H groups in total. The normalized spacial score (nSPS) is 10.1. The van der Waals surface area contributed by atoms with Gasteiger partial charge in [0.2, 0.25) is 0 Å². The standard InChI is InChI=1S/C13H10ClFO/c14-11-6-2-1-5-10(11)9-16-13-8-4-3-7-12(13)15/h1-8H,9H2. The minimum Gasteiger partial charge on any atom is -0.486 e. The lowest BCUT2D eigenvalue weighted by Gasteiger charge is -2.08. The van der Waals surface area contributed by atoms with Gasteiger partial charge in [0.25, 0.3) is 0 Å². The Morgan fingerprint density at radius 3 is 2.44 bits per heavy atom. The second-order valence-corrected chi connectivity index (χ2v) is 3.72. The highest BCUT2D eigenvalue weighted by Gasteiger charge is 2.03. The van der Waals surface area contributed by atoms with Gasteiger partial charge in [0, 0.05) is 10.6 Å². The Morgan fingerprint density at radius 2 is 1.69 bits per heavy atom. The van der Waals surface area contributed by atoms with E-state index in [2.05, 4.69) is 0 Å². The van der Waals surface area contributed by atoms with E-state index in [1.807, 2.05) is 18.2 Å². The van der Waals surface area contributed by atoms with E-state index < -0.39 is 0 Å². The molecule has 0 aliphatic heterocycles. The fraction of sp³-hybridized carbons (Fsp3) is 0.0769. The van der Waals surface area contributed by atoms with Crippen LogP contribution in [0.4, 0.5) is 4.39 Å². The Labute approximate surface area is 98.4 Å². The van der Waals surface area contributed by atoms with E-state index in [1.165, 1.54) is 6.07 Å². The summed E-state index contributed by atoms with van der Waals surface area (Å²) in [6.07, 6.45) is 0. The van der Waals surface area contributed by atoms with Crippen molar-refractivity contribution in [1.29, 1.82) is 0 Å². The monoisotopic (exact) mass is 236 g/mol. The summed E-state index contributed by atoms with van der Waals surface area (Å²) in [4.78, 5) is 0. The molecule has 2 aromatic rings. The van der Waals surface area contributed by atoms with Gasteiger partial charge in [-0.3, -0.25) is 0 Å². The number of rotatable bonds is 3. The van der Waals surface area contributed by atoms with Gasteiger partial charge < -0.3 is 4.74 Å². The second-order valence-electron chi connectivity index (χ2n) is 3.31. The van der Waals surface area contributed by atoms with Crippen LogP contribution in [0.2, 0.25) is 5.02 Å². The van der Waals surface area contributed by atoms with Gasteiger partial charge >= 0.3 is 0 Å². The van der Waals surface area contributed by atoms with Gasteiger partial charge in [-0.2, -0.15) is 0 Å². The highest BCUT2D eigenvalue weighted by Crippen LogP contribution is 2.20. The van der Waals surface area contributed by atoms with Gasteiger partial charge in [0.05, 0.1) is 0 Å². The molecule has 0 amide bonds. The van der Waals surface area contributed by atoms with Crippen LogP contribution in [0.1, 0.15) is 5.56 Å². The number of hydrogen-bond acceptors (Lipinski definition) is 1. The zero-order valence-electron chi connectivity index (χ0n) is 8.49. The van der Waals surface area contributed by atoms with Gasteiger partial charge in [0.1, 0.15) is 6.61 Å². The van der Waals surface area contributed by atoms with E-state index in [0.29, 0.717) is 5.02 Å². The lowest BCUT2D eigenvalue weighted by atomic mass is 10.2. The van der Waals surface area contributed by atoms with Crippen LogP contribution in [-0.4, -0.2) is 0 Å². The van der Waals surface area contributed by atoms with Gasteiger partial charge in [-0.1, -0.05) is 41.9 Å². The van der Waals surface area contributed by atoms with Crippen LogP contribution in [0, 0.1) is 5.82 Å². The van der Waals surface area contributed by atoms with Crippen molar-refractivity contribution >= 4 is 11.6 Å². The molecule has 0 fully saturated rings. The molecule has 82 valence electrons. The van der Waals surface area contributed by atoms with Crippen molar-refractivity contribution in [3.8, 4) is 5.75 Å². The summed E-state index contributed by atoms with van der Waals surface area (Å²) in [5.74, 6) is -0.128. The second kappa shape index (κ2) is 4.99. The fourth-order valence-corrected chi connectivity index (χ4v) is 1.52. The minimum absolute atomic E-state index is 0.238. The van der Waals surface area contributed by atoms with Crippen molar-refractivity contribution in [3.63, 3.8) is 0 Å². The van der Waals surface area contributed by atoms with Gasteiger partial charge in [0.15, 0.2) is 11.6 Å². The first kappa shape index (κ1) is 11.0. The molecule has 2 rings (SSSR count). The number of hydrogen-bond donors (Lipinski definition) is 0. The van der Waals surface area contributed by atoms with Crippen LogP contribution >= 0.6 is 11.6 Å². The molecule has 0 radical (unpaired) electrons. The Morgan fingerprint density at radius 1 is 1.00 bits per heavy atom. The van der Waals surface area contributed by atoms with Crippen LogP contribution in [0.15, 0.2) is 48.5 Å². The molecule has 0 bridgehead atoms. The van der Waals surface area contributed by atoms with Crippen LogP contribution in [0.5, 0.6) is 5.75 Å². The zero-order valence-corrected chi connectivity index (χ0v) is 9.25. The van der Waals surface area contributed by atoms with E-state index in [1.54, 1.807) is 24.3 Å². The molecule has 0 aliphatic carbocycles. The summed E-state index contributed by atoms with van der Waals surface area (Å²) in [7, 11) is 0. The number of benzene rings is 2. The maximum absolute atomic E-state index is 13.2. The van der Waals surface area contributed by atoms with E-state index in [4.69, 9.17) is 16.3 Å². The number of para-hydroxylation sites is 1. The van der Waals surface area contributed by atoms with E-state index in [9.17, 15) is 4.39 Å². The average Bonchev–Trinajstić information content (AvgIpc) is 2.30. The SMILES string of the molecule is Fc1ccccc1OCc1ccccc1Cl. The number of halogens is 2. The molecular formula is C13H10ClFO. The molecule has 3 heteroatoms. The van der Waals surface area contributed by atoms with Gasteiger partial charge in [-0.15, -0.1) is 0 Å². The predicted octanol–water partition coefficient (Wildman–Crippen LogP) is 4.06. The quantitative estimate of drug-likeness (QED) is 0.781. The summed E-state index contributed by atoms with van der Waals surface area (Å²) in [5.41, 5.74) is 0.840. The highest BCUT2D eigenvalue weighted by molar-refractivity contribution is 6.31. The molecular weight excluding hydrogens is 227 g/mol. The maximum atomic E-state index is 13.2. The van der Waals surface area contributed by atoms with Crippen LogP contribution in [0.25, 0.3) is 0 Å². The van der Waals surface area contributed by atoms with Crippen molar-refractivity contribution in [2.24, 2.45) is 0 Å². The summed E-state index contributed by atoms with van der Waals surface area (Å²) < 4.78 is 18.6. The van der Waals surface area contributed by atoms with Gasteiger partial charge in [-0.25, -0.2) is 4.39 Å². The molecule has 0 atom stereocenters. The average molecular weight is 237 g/mol. The van der Waals surface area contributed by atoms with E-state index in [0.717, 1.165) is 5.56 Å². The zero-order chi connectivity index (χ0) is 11.4. The Kier molecular flexibility index (Phi) is 3.42. The van der Waals surface area contributed by atoms with E-state index >= 15 is 0 Å². The topological polar surface area (TPSA) is 9.23 Å². The van der Waals surface area contributed by atoms with Crippen LogP contribution in [-0.2, 0) is 6.61 Å². The molecule has 0 aliphatic rings. The van der Waals surface area contributed by atoms with Crippen molar-refractivity contribution in [2.45, 2.75) is 6.61 Å². The summed E-state index contributed by atoms with van der Waals surface area (Å²) in [6.45, 7) is 0.264. The molecule has 0 spiro atoms. The molecule has 2 aromatic carbocycles. The molecule has 0 aromatic heterocycles. The van der Waals surface area contributed by atoms with Crippen LogP contribution in [0.3, 0.4) is 0 Å². The highest BCUT2D eigenvalue weighted by atomic mass is 35.5. The van der Waals surface area contributed by atoms with Crippen molar-refractivity contribution in [2.75, 3.05) is 0 Å². The first-order chi connectivity index (χ1) is 7.77. The Bertz CT molecular complexity index is 439. The molecule has 0 saturated carbocycles. The molecule has 0 heterocycles. The first-order valence-corrected chi connectivity index (χ1v) is 5.26. The summed E-state index contributed by atoms with van der Waals surface area (Å²) in [6, 6.07) is 13.6. The smallest absolute Gasteiger partial charge is 0.165 e. The Hall–Kier alpha value is -1.54. The van der Waals surface area contributed by atoms with Crippen LogP contribution < -0.4 is 4.74 Å². The maximum Gasteiger partial charge on any atom is 0.165 e. The van der Waals surface area contributed by atoms with Crippen molar-refractivity contribution in [1.82, 2.24) is 0 Å². The molecule has 16 heavy (non-hydrogen) atoms.